The highest BCUT2D eigenvalue weighted by atomic mass is 35.5. The number of hydrazine groups is 1. The Hall–Kier alpha value is -2.11. The van der Waals surface area contributed by atoms with Crippen LogP contribution in [0.25, 0.3) is 0 Å². The van der Waals surface area contributed by atoms with Crippen LogP contribution in [-0.2, 0) is 6.54 Å². The van der Waals surface area contributed by atoms with Crippen LogP contribution in [0.4, 0.5) is 5.69 Å². The maximum atomic E-state index is 12.1. The van der Waals surface area contributed by atoms with Gasteiger partial charge in [-0.25, -0.2) is 0 Å². The van der Waals surface area contributed by atoms with Crippen LogP contribution in [0.1, 0.15) is 15.9 Å². The van der Waals surface area contributed by atoms with E-state index in [1.807, 2.05) is 12.1 Å². The fraction of sp³-hybridized carbons (Fsp3) is 0.0769. The third-order valence-corrected chi connectivity index (χ3v) is 2.82. The molecule has 6 heteroatoms. The number of nitrogens with zero attached hydrogens (tertiary/aromatic N) is 1. The number of halogens is 1. The third-order valence-electron chi connectivity index (χ3n) is 2.58. The lowest BCUT2D eigenvalue weighted by Crippen LogP contribution is -2.24. The second-order valence-electron chi connectivity index (χ2n) is 3.87. The van der Waals surface area contributed by atoms with E-state index in [1.54, 1.807) is 30.6 Å². The summed E-state index contributed by atoms with van der Waals surface area (Å²) in [6, 6.07) is 8.55. The molecule has 0 atom stereocenters. The van der Waals surface area contributed by atoms with Crippen molar-refractivity contribution in [3.8, 4) is 0 Å². The van der Waals surface area contributed by atoms with Crippen LogP contribution in [-0.4, -0.2) is 10.9 Å². The number of amides is 1. The first-order valence-corrected chi connectivity index (χ1v) is 6.02. The summed E-state index contributed by atoms with van der Waals surface area (Å²) in [4.78, 5) is 16.0. The van der Waals surface area contributed by atoms with Crippen molar-refractivity contribution in [2.45, 2.75) is 6.54 Å². The van der Waals surface area contributed by atoms with E-state index in [0.717, 1.165) is 5.56 Å². The van der Waals surface area contributed by atoms with Gasteiger partial charge in [0.15, 0.2) is 0 Å². The Morgan fingerprint density at radius 1 is 1.26 bits per heavy atom. The van der Waals surface area contributed by atoms with E-state index >= 15 is 0 Å². The molecule has 0 fully saturated rings. The van der Waals surface area contributed by atoms with Crippen molar-refractivity contribution in [3.05, 3.63) is 58.9 Å². The van der Waals surface area contributed by atoms with Gasteiger partial charge in [0.05, 0.1) is 11.3 Å². The summed E-state index contributed by atoms with van der Waals surface area (Å²) in [6.07, 6.45) is 3.35. The van der Waals surface area contributed by atoms with Crippen LogP contribution < -0.4 is 16.6 Å². The van der Waals surface area contributed by atoms with E-state index < -0.39 is 0 Å². The molecule has 4 N–H and O–H groups in total. The van der Waals surface area contributed by atoms with Gasteiger partial charge in [-0.05, 0) is 35.9 Å². The molecule has 0 saturated heterocycles. The number of anilines is 1. The van der Waals surface area contributed by atoms with Gasteiger partial charge in [-0.15, -0.1) is 0 Å². The van der Waals surface area contributed by atoms with Crippen LogP contribution in [0.2, 0.25) is 5.02 Å². The second-order valence-corrected chi connectivity index (χ2v) is 4.31. The number of benzene rings is 1. The smallest absolute Gasteiger partial charge is 0.253 e. The van der Waals surface area contributed by atoms with Crippen LogP contribution in [0.15, 0.2) is 42.7 Å². The average Bonchev–Trinajstić information content (AvgIpc) is 2.46. The first-order chi connectivity index (χ1) is 9.20. The summed E-state index contributed by atoms with van der Waals surface area (Å²) < 4.78 is 0. The topological polar surface area (TPSA) is 80.0 Å². The van der Waals surface area contributed by atoms with Gasteiger partial charge in [-0.1, -0.05) is 11.6 Å². The number of pyridine rings is 1. The molecule has 1 aromatic heterocycles. The van der Waals surface area contributed by atoms with Crippen molar-refractivity contribution in [1.82, 2.24) is 10.3 Å². The van der Waals surface area contributed by atoms with Crippen molar-refractivity contribution in [2.75, 3.05) is 5.43 Å². The number of rotatable bonds is 4. The van der Waals surface area contributed by atoms with Gasteiger partial charge in [-0.3, -0.25) is 15.6 Å². The summed E-state index contributed by atoms with van der Waals surface area (Å²) in [5, 5.41) is 3.28. The molecule has 19 heavy (non-hydrogen) atoms. The summed E-state index contributed by atoms with van der Waals surface area (Å²) in [6.45, 7) is 0.415. The SMILES string of the molecule is NNc1ccc(Cl)cc1C(=O)NCc1ccncc1. The molecule has 98 valence electrons. The normalized spacial score (nSPS) is 10.0. The fourth-order valence-corrected chi connectivity index (χ4v) is 1.78. The van der Waals surface area contributed by atoms with Gasteiger partial charge in [0.25, 0.3) is 5.91 Å². The number of hydrogen-bond acceptors (Lipinski definition) is 4. The summed E-state index contributed by atoms with van der Waals surface area (Å²) in [5.74, 6) is 5.12. The monoisotopic (exact) mass is 276 g/mol. The van der Waals surface area contributed by atoms with Crippen molar-refractivity contribution < 1.29 is 4.79 Å². The Balaban J connectivity index is 2.10. The molecule has 0 saturated carbocycles. The van der Waals surface area contributed by atoms with E-state index in [1.165, 1.54) is 0 Å². The Morgan fingerprint density at radius 2 is 2.00 bits per heavy atom. The number of nitrogens with one attached hydrogen (secondary N) is 2. The molecule has 0 unspecified atom stereocenters. The molecule has 0 aliphatic rings. The van der Waals surface area contributed by atoms with Crippen molar-refractivity contribution >= 4 is 23.2 Å². The van der Waals surface area contributed by atoms with Crippen LogP contribution >= 0.6 is 11.6 Å². The summed E-state index contributed by atoms with van der Waals surface area (Å²) in [5.41, 5.74) is 4.37. The van der Waals surface area contributed by atoms with E-state index in [2.05, 4.69) is 15.7 Å². The molecule has 0 aliphatic heterocycles. The summed E-state index contributed by atoms with van der Waals surface area (Å²) >= 11 is 5.88. The number of hydrogen-bond donors (Lipinski definition) is 3. The third kappa shape index (κ3) is 3.43. The lowest BCUT2D eigenvalue weighted by molar-refractivity contribution is 0.0951. The number of nitrogen functional groups attached to an aromatic ring is 1. The quantitative estimate of drug-likeness (QED) is 0.589. The van der Waals surface area contributed by atoms with E-state index in [-0.39, 0.29) is 5.91 Å². The van der Waals surface area contributed by atoms with Gasteiger partial charge < -0.3 is 10.7 Å². The molecule has 0 bridgehead atoms. The molecule has 0 spiro atoms. The fourth-order valence-electron chi connectivity index (χ4n) is 1.61. The zero-order valence-electron chi connectivity index (χ0n) is 10.1. The zero-order chi connectivity index (χ0) is 13.7. The molecule has 2 rings (SSSR count). The number of carbonyl (C=O) groups excluding carboxylic acids is 1. The second kappa shape index (κ2) is 6.17. The molecule has 2 aromatic rings. The molecule has 0 aliphatic carbocycles. The number of carbonyl (C=O) groups is 1. The predicted octanol–water partition coefficient (Wildman–Crippen LogP) is 1.95. The molecule has 1 amide bonds. The standard InChI is InChI=1S/C13H13ClN4O/c14-10-1-2-12(18-15)11(7-10)13(19)17-8-9-3-5-16-6-4-9/h1-7,18H,8,15H2,(H,17,19). The molecule has 5 nitrogen and oxygen atoms in total. The van der Waals surface area contributed by atoms with Gasteiger partial charge in [0.2, 0.25) is 0 Å². The van der Waals surface area contributed by atoms with Crippen LogP contribution in [0.5, 0.6) is 0 Å². The molecule has 1 aromatic carbocycles. The largest absolute Gasteiger partial charge is 0.348 e. The highest BCUT2D eigenvalue weighted by molar-refractivity contribution is 6.31. The molecule has 0 radical (unpaired) electrons. The first-order valence-electron chi connectivity index (χ1n) is 5.64. The molecular weight excluding hydrogens is 264 g/mol. The van der Waals surface area contributed by atoms with E-state index in [4.69, 9.17) is 17.4 Å². The maximum Gasteiger partial charge on any atom is 0.253 e. The van der Waals surface area contributed by atoms with Gasteiger partial charge in [0, 0.05) is 24.0 Å². The van der Waals surface area contributed by atoms with Crippen molar-refractivity contribution in [2.24, 2.45) is 5.84 Å². The minimum Gasteiger partial charge on any atom is -0.348 e. The van der Waals surface area contributed by atoms with Gasteiger partial charge in [0.1, 0.15) is 0 Å². The van der Waals surface area contributed by atoms with E-state index in [9.17, 15) is 4.79 Å². The zero-order valence-corrected chi connectivity index (χ0v) is 10.8. The molecular formula is C13H13ClN4O. The Labute approximate surface area is 115 Å². The Kier molecular flexibility index (Phi) is 4.33. The van der Waals surface area contributed by atoms with Gasteiger partial charge in [-0.2, -0.15) is 0 Å². The predicted molar refractivity (Wildman–Crippen MR) is 74.7 cm³/mol. The Bertz CT molecular complexity index is 574. The first kappa shape index (κ1) is 13.3. The summed E-state index contributed by atoms with van der Waals surface area (Å²) in [7, 11) is 0. The highest BCUT2D eigenvalue weighted by Crippen LogP contribution is 2.19. The lowest BCUT2D eigenvalue weighted by atomic mass is 10.1. The lowest BCUT2D eigenvalue weighted by Gasteiger charge is -2.10. The van der Waals surface area contributed by atoms with Crippen molar-refractivity contribution in [1.29, 1.82) is 0 Å². The minimum atomic E-state index is -0.243. The number of nitrogens with two attached hydrogens (primary N) is 1. The van der Waals surface area contributed by atoms with E-state index in [0.29, 0.717) is 22.8 Å². The van der Waals surface area contributed by atoms with Crippen LogP contribution in [0, 0.1) is 0 Å². The average molecular weight is 277 g/mol. The molecule has 1 heterocycles. The minimum absolute atomic E-state index is 0.243. The number of aromatic nitrogens is 1. The Morgan fingerprint density at radius 3 is 2.68 bits per heavy atom. The maximum absolute atomic E-state index is 12.1. The van der Waals surface area contributed by atoms with Gasteiger partial charge >= 0.3 is 0 Å². The van der Waals surface area contributed by atoms with Crippen LogP contribution in [0.3, 0.4) is 0 Å². The van der Waals surface area contributed by atoms with Crippen molar-refractivity contribution in [3.63, 3.8) is 0 Å². The highest BCUT2D eigenvalue weighted by Gasteiger charge is 2.11.